The number of carbonyl (C=O) groups excluding carboxylic acids is 2. The SMILES string of the molecule is CCOC(=O)Nc1ccn([C@@H]2O[C@](F)(COC(=O)C(C)C)[C@@H](O)[C@H]2O)c(=O)n1. The van der Waals surface area contributed by atoms with Crippen LogP contribution < -0.4 is 11.0 Å². The van der Waals surface area contributed by atoms with Gasteiger partial charge in [0.05, 0.1) is 12.5 Å². The molecule has 1 amide bonds. The van der Waals surface area contributed by atoms with Crippen molar-refractivity contribution in [3.63, 3.8) is 0 Å². The first kappa shape index (κ1) is 21.7. The summed E-state index contributed by atoms with van der Waals surface area (Å²) in [6.45, 7) is 3.81. The normalized spacial score (nSPS) is 26.9. The first-order valence-corrected chi connectivity index (χ1v) is 8.51. The fraction of sp³-hybridized carbons (Fsp3) is 0.625. The van der Waals surface area contributed by atoms with E-state index in [0.717, 1.165) is 10.8 Å². The maximum atomic E-state index is 14.9. The Morgan fingerprint density at radius 3 is 2.68 bits per heavy atom. The number of ether oxygens (including phenoxy) is 3. The summed E-state index contributed by atoms with van der Waals surface area (Å²) in [5.41, 5.74) is -0.992. The van der Waals surface area contributed by atoms with Crippen molar-refractivity contribution in [2.45, 2.75) is 45.1 Å². The summed E-state index contributed by atoms with van der Waals surface area (Å²) in [6.07, 6.45) is -5.29. The number of rotatable bonds is 6. The van der Waals surface area contributed by atoms with Gasteiger partial charge >= 0.3 is 17.8 Å². The Morgan fingerprint density at radius 1 is 1.43 bits per heavy atom. The fourth-order valence-corrected chi connectivity index (χ4v) is 2.38. The molecule has 0 saturated carbocycles. The summed E-state index contributed by atoms with van der Waals surface area (Å²) >= 11 is 0. The molecule has 1 aliphatic heterocycles. The van der Waals surface area contributed by atoms with Gasteiger partial charge in [-0.1, -0.05) is 13.8 Å². The van der Waals surface area contributed by atoms with Gasteiger partial charge in [-0.2, -0.15) is 4.98 Å². The highest BCUT2D eigenvalue weighted by molar-refractivity contribution is 5.83. The smallest absolute Gasteiger partial charge is 0.412 e. The van der Waals surface area contributed by atoms with Crippen LogP contribution in [0.3, 0.4) is 0 Å². The van der Waals surface area contributed by atoms with Crippen LogP contribution in [0.25, 0.3) is 0 Å². The lowest BCUT2D eigenvalue weighted by Gasteiger charge is -2.23. The van der Waals surface area contributed by atoms with Gasteiger partial charge in [-0.15, -0.1) is 0 Å². The van der Waals surface area contributed by atoms with E-state index in [-0.39, 0.29) is 12.4 Å². The number of esters is 1. The van der Waals surface area contributed by atoms with Gasteiger partial charge in [-0.05, 0) is 13.0 Å². The number of halogens is 1. The number of aromatic nitrogens is 2. The first-order valence-electron chi connectivity index (χ1n) is 8.51. The summed E-state index contributed by atoms with van der Waals surface area (Å²) in [6, 6.07) is 1.19. The average molecular weight is 403 g/mol. The minimum atomic E-state index is -2.92. The zero-order valence-electron chi connectivity index (χ0n) is 15.5. The van der Waals surface area contributed by atoms with Crippen molar-refractivity contribution in [3.8, 4) is 0 Å². The van der Waals surface area contributed by atoms with Crippen LogP contribution in [-0.4, -0.2) is 63.1 Å². The van der Waals surface area contributed by atoms with E-state index in [2.05, 4.69) is 15.0 Å². The Kier molecular flexibility index (Phi) is 6.69. The molecule has 3 N–H and O–H groups in total. The zero-order valence-corrected chi connectivity index (χ0v) is 15.5. The van der Waals surface area contributed by atoms with Crippen LogP contribution in [0.5, 0.6) is 0 Å². The number of carbonyl (C=O) groups is 2. The molecule has 0 unspecified atom stereocenters. The molecule has 1 aliphatic rings. The van der Waals surface area contributed by atoms with E-state index in [1.165, 1.54) is 19.9 Å². The molecule has 156 valence electrons. The van der Waals surface area contributed by atoms with Crippen molar-refractivity contribution in [3.05, 3.63) is 22.7 Å². The second-order valence-electron chi connectivity index (χ2n) is 6.34. The molecule has 1 saturated heterocycles. The Hall–Kier alpha value is -2.57. The second-order valence-corrected chi connectivity index (χ2v) is 6.34. The number of amides is 1. The van der Waals surface area contributed by atoms with Gasteiger partial charge in [0.1, 0.15) is 18.0 Å². The van der Waals surface area contributed by atoms with Crippen molar-refractivity contribution >= 4 is 17.9 Å². The van der Waals surface area contributed by atoms with Gasteiger partial charge in [0.25, 0.3) is 5.85 Å². The van der Waals surface area contributed by atoms with Crippen molar-refractivity contribution in [2.24, 2.45) is 5.92 Å². The second kappa shape index (κ2) is 8.63. The molecule has 11 nitrogen and oxygen atoms in total. The van der Waals surface area contributed by atoms with Crippen LogP contribution in [0.2, 0.25) is 0 Å². The van der Waals surface area contributed by atoms with E-state index < -0.39 is 54.6 Å². The van der Waals surface area contributed by atoms with Crippen LogP contribution >= 0.6 is 0 Å². The number of aliphatic hydroxyl groups is 2. The number of hydrogen-bond acceptors (Lipinski definition) is 9. The van der Waals surface area contributed by atoms with Crippen molar-refractivity contribution < 1.29 is 38.4 Å². The monoisotopic (exact) mass is 403 g/mol. The van der Waals surface area contributed by atoms with E-state index >= 15 is 0 Å². The lowest BCUT2D eigenvalue weighted by molar-refractivity contribution is -0.218. The Morgan fingerprint density at radius 2 is 2.11 bits per heavy atom. The predicted molar refractivity (Wildman–Crippen MR) is 90.9 cm³/mol. The lowest BCUT2D eigenvalue weighted by atomic mass is 10.1. The number of hydrogen-bond donors (Lipinski definition) is 3. The largest absolute Gasteiger partial charge is 0.459 e. The molecular formula is C16H22FN3O8. The molecule has 0 radical (unpaired) electrons. The molecule has 0 aliphatic carbocycles. The van der Waals surface area contributed by atoms with Crippen LogP contribution in [0, 0.1) is 5.92 Å². The van der Waals surface area contributed by atoms with Gasteiger partial charge < -0.3 is 24.4 Å². The number of nitrogens with zero attached hydrogens (tertiary/aromatic N) is 2. The predicted octanol–water partition coefficient (Wildman–Crippen LogP) is -0.0727. The summed E-state index contributed by atoms with van der Waals surface area (Å²) in [4.78, 5) is 38.6. The fourth-order valence-electron chi connectivity index (χ4n) is 2.38. The van der Waals surface area contributed by atoms with Gasteiger partial charge in [-0.25, -0.2) is 14.0 Å². The molecule has 1 aromatic heterocycles. The number of aliphatic hydroxyl groups excluding tert-OH is 2. The molecular weight excluding hydrogens is 381 g/mol. The van der Waals surface area contributed by atoms with E-state index in [9.17, 15) is 29.0 Å². The Balaban J connectivity index is 2.16. The third-order valence-corrected chi connectivity index (χ3v) is 3.87. The van der Waals surface area contributed by atoms with Crippen LogP contribution in [0.15, 0.2) is 17.1 Å². The molecule has 4 atom stereocenters. The molecule has 0 aromatic carbocycles. The molecule has 2 heterocycles. The highest BCUT2D eigenvalue weighted by Gasteiger charge is 2.57. The minimum absolute atomic E-state index is 0.114. The number of anilines is 1. The first-order chi connectivity index (χ1) is 13.1. The molecule has 0 bridgehead atoms. The Labute approximate surface area is 159 Å². The average Bonchev–Trinajstić information content (AvgIpc) is 2.84. The minimum Gasteiger partial charge on any atom is -0.459 e. The summed E-state index contributed by atoms with van der Waals surface area (Å²) in [7, 11) is 0. The molecule has 2 rings (SSSR count). The van der Waals surface area contributed by atoms with E-state index in [4.69, 9.17) is 9.47 Å². The molecule has 0 spiro atoms. The molecule has 28 heavy (non-hydrogen) atoms. The third kappa shape index (κ3) is 4.64. The van der Waals surface area contributed by atoms with Gasteiger partial charge in [0.15, 0.2) is 12.8 Å². The maximum absolute atomic E-state index is 14.9. The van der Waals surface area contributed by atoms with Crippen molar-refractivity contribution in [1.82, 2.24) is 9.55 Å². The van der Waals surface area contributed by atoms with Gasteiger partial charge in [0, 0.05) is 6.20 Å². The third-order valence-electron chi connectivity index (χ3n) is 3.87. The summed E-state index contributed by atoms with van der Waals surface area (Å²) in [5, 5.41) is 22.3. The van der Waals surface area contributed by atoms with Crippen LogP contribution in [0.4, 0.5) is 15.0 Å². The van der Waals surface area contributed by atoms with Gasteiger partial charge in [0.2, 0.25) is 0 Å². The molecule has 1 aromatic rings. The van der Waals surface area contributed by atoms with Crippen molar-refractivity contribution in [1.29, 1.82) is 0 Å². The van der Waals surface area contributed by atoms with Crippen LogP contribution in [-0.2, 0) is 19.0 Å². The lowest BCUT2D eigenvalue weighted by Crippen LogP contribution is -2.44. The Bertz CT molecular complexity index is 785. The summed E-state index contributed by atoms with van der Waals surface area (Å²) in [5.74, 6) is -4.31. The van der Waals surface area contributed by atoms with E-state index in [0.29, 0.717) is 0 Å². The number of nitrogens with one attached hydrogen (secondary N) is 1. The van der Waals surface area contributed by atoms with Crippen molar-refractivity contribution in [2.75, 3.05) is 18.5 Å². The maximum Gasteiger partial charge on any atom is 0.412 e. The highest BCUT2D eigenvalue weighted by Crippen LogP contribution is 2.38. The number of alkyl halides is 1. The summed E-state index contributed by atoms with van der Waals surface area (Å²) < 4.78 is 30.0. The highest BCUT2D eigenvalue weighted by atomic mass is 19.2. The van der Waals surface area contributed by atoms with E-state index in [1.54, 1.807) is 6.92 Å². The standard InChI is InChI=1S/C16H22FN3O8/c1-4-26-15(25)19-9-5-6-20(14(24)18-9)12-10(21)11(22)16(17,28-12)7-27-13(23)8(2)3/h5-6,8,10-12,21-22H,4,7H2,1-3H3,(H,18,19,24,25)/t10-,11+,12-,16-/m1/s1. The van der Waals surface area contributed by atoms with E-state index in [1.807, 2.05) is 0 Å². The molecule has 12 heteroatoms. The van der Waals surface area contributed by atoms with Gasteiger partial charge in [-0.3, -0.25) is 14.7 Å². The molecule has 1 fully saturated rings. The zero-order chi connectivity index (χ0) is 21.1. The van der Waals surface area contributed by atoms with Crippen LogP contribution in [0.1, 0.15) is 27.0 Å². The topological polar surface area (TPSA) is 149 Å². The quantitative estimate of drug-likeness (QED) is 0.555.